The van der Waals surface area contributed by atoms with E-state index in [-0.39, 0.29) is 54.6 Å². The van der Waals surface area contributed by atoms with Gasteiger partial charge in [0.25, 0.3) is 11.8 Å². The summed E-state index contributed by atoms with van der Waals surface area (Å²) >= 11 is 0. The minimum Gasteiger partial charge on any atom is -0.371 e. The molecule has 2 fully saturated rings. The molecule has 1 atom stereocenters. The maximum absolute atomic E-state index is 15.8. The molecule has 3 aromatic carbocycles. The van der Waals surface area contributed by atoms with Crippen LogP contribution in [0.4, 0.5) is 15.9 Å². The summed E-state index contributed by atoms with van der Waals surface area (Å²) in [4.78, 5) is 70.7. The molecule has 5 heterocycles. The van der Waals surface area contributed by atoms with Crippen molar-refractivity contribution >= 4 is 41.0 Å². The van der Waals surface area contributed by atoms with Crippen LogP contribution >= 0.6 is 0 Å². The fraction of sp³-hybridized carbons (Fsp3) is 0.350. The van der Waals surface area contributed by atoms with E-state index in [2.05, 4.69) is 30.6 Å². The van der Waals surface area contributed by atoms with Crippen LogP contribution in [0.2, 0.25) is 0 Å². The zero-order valence-corrected chi connectivity index (χ0v) is 29.9. The van der Waals surface area contributed by atoms with Gasteiger partial charge in [0.2, 0.25) is 17.7 Å². The van der Waals surface area contributed by atoms with Crippen molar-refractivity contribution in [1.29, 1.82) is 0 Å². The summed E-state index contributed by atoms with van der Waals surface area (Å²) < 4.78 is 15.8. The number of carbonyl (C=O) groups is 5. The van der Waals surface area contributed by atoms with E-state index in [4.69, 9.17) is 0 Å². The Hall–Kier alpha value is -5.89. The lowest BCUT2D eigenvalue weighted by atomic mass is 10.0. The second-order valence-electron chi connectivity index (χ2n) is 14.5. The lowest BCUT2D eigenvalue weighted by Gasteiger charge is -2.38. The number of hydrogen-bond acceptors (Lipinski definition) is 8. The summed E-state index contributed by atoms with van der Waals surface area (Å²) in [5.74, 6) is -1.52. The van der Waals surface area contributed by atoms with Gasteiger partial charge in [0.05, 0.1) is 31.7 Å². The molecule has 3 N–H and O–H groups in total. The van der Waals surface area contributed by atoms with E-state index in [1.165, 1.54) is 4.90 Å². The molecule has 8 rings (SSSR count). The Balaban J connectivity index is 0.826. The number of nitrogens with one attached hydrogen (secondary N) is 3. The molecule has 4 aliphatic heterocycles. The molecule has 2 saturated heterocycles. The van der Waals surface area contributed by atoms with Crippen LogP contribution in [0.25, 0.3) is 0 Å². The highest BCUT2D eigenvalue weighted by atomic mass is 19.1. The van der Waals surface area contributed by atoms with Gasteiger partial charge in [-0.25, -0.2) is 4.39 Å². The topological polar surface area (TPSA) is 151 Å². The van der Waals surface area contributed by atoms with Crippen LogP contribution in [0.1, 0.15) is 74.3 Å². The van der Waals surface area contributed by atoms with Crippen molar-refractivity contribution in [1.82, 2.24) is 30.2 Å². The maximum Gasteiger partial charge on any atom is 0.256 e. The van der Waals surface area contributed by atoms with E-state index >= 15 is 4.39 Å². The Morgan fingerprint density at radius 1 is 0.926 bits per heavy atom. The number of hydrogen-bond donors (Lipinski definition) is 3. The molecule has 278 valence electrons. The van der Waals surface area contributed by atoms with Crippen LogP contribution in [0, 0.1) is 5.82 Å². The van der Waals surface area contributed by atoms with Gasteiger partial charge in [-0.1, -0.05) is 36.4 Å². The average molecular weight is 733 g/mol. The number of aromatic amines is 1. The standard InChI is InChI=1S/C40H41FN8O5/c1-46(20-26-9-12-29-30(36(26)41)22-49(40(29)54)33-13-14-34(50)42-39(33)53)27-15-17-47(18-16-27)28-10-7-25(8-11-28)38(52)43-37-31-21-48(23-32(31)44-45-37)35(51)19-24-5-3-2-4-6-24/h2-12,27,33H,13-23H2,1H3,(H,42,50,53)(H2,43,44,45,52). The van der Waals surface area contributed by atoms with Gasteiger partial charge in [-0.2, -0.15) is 5.10 Å². The SMILES string of the molecule is CN(Cc1ccc2c(c1F)CN(C1CCC(=O)NC1=O)C2=O)C1CCN(c2ccc(C(=O)Nc3n[nH]c4c3CN(C(=O)Cc3ccccc3)C4)cc2)CC1. The molecule has 4 aromatic rings. The summed E-state index contributed by atoms with van der Waals surface area (Å²) in [5, 5.41) is 12.5. The summed E-state index contributed by atoms with van der Waals surface area (Å²) in [6, 6.07) is 19.8. The van der Waals surface area contributed by atoms with Crippen LogP contribution in [0.15, 0.2) is 66.7 Å². The summed E-state index contributed by atoms with van der Waals surface area (Å²) in [5.41, 5.74) is 5.17. The van der Waals surface area contributed by atoms with Crippen molar-refractivity contribution in [2.75, 3.05) is 30.4 Å². The number of H-pyrrole nitrogens is 1. The van der Waals surface area contributed by atoms with Gasteiger partial charge in [-0.15, -0.1) is 0 Å². The van der Waals surface area contributed by atoms with Gasteiger partial charge in [0.1, 0.15) is 11.9 Å². The molecule has 0 aliphatic carbocycles. The zero-order valence-electron chi connectivity index (χ0n) is 29.9. The minimum absolute atomic E-state index is 0.00409. The largest absolute Gasteiger partial charge is 0.371 e. The van der Waals surface area contributed by atoms with E-state index < -0.39 is 17.8 Å². The first-order chi connectivity index (χ1) is 26.1. The van der Waals surface area contributed by atoms with Gasteiger partial charge >= 0.3 is 0 Å². The normalized spacial score (nSPS) is 18.6. The maximum atomic E-state index is 15.8. The highest BCUT2D eigenvalue weighted by Gasteiger charge is 2.40. The number of fused-ring (bicyclic) bond motifs is 2. The zero-order chi connectivity index (χ0) is 37.5. The number of piperidine rings is 2. The van der Waals surface area contributed by atoms with Crippen LogP contribution < -0.4 is 15.5 Å². The molecule has 1 aromatic heterocycles. The number of nitrogens with zero attached hydrogens (tertiary/aromatic N) is 5. The third-order valence-electron chi connectivity index (χ3n) is 11.2. The molecule has 0 radical (unpaired) electrons. The van der Waals surface area contributed by atoms with E-state index in [0.29, 0.717) is 48.6 Å². The van der Waals surface area contributed by atoms with E-state index in [1.807, 2.05) is 49.5 Å². The fourth-order valence-corrected chi connectivity index (χ4v) is 8.04. The molecule has 1 unspecified atom stereocenters. The van der Waals surface area contributed by atoms with Crippen molar-refractivity contribution in [2.45, 2.75) is 70.4 Å². The number of rotatable bonds is 9. The first kappa shape index (κ1) is 35.2. The summed E-state index contributed by atoms with van der Waals surface area (Å²) in [7, 11) is 1.98. The molecule has 13 nitrogen and oxygen atoms in total. The molecule has 14 heteroatoms. The third kappa shape index (κ3) is 6.84. The number of benzene rings is 3. The van der Waals surface area contributed by atoms with Crippen molar-refractivity contribution in [3.63, 3.8) is 0 Å². The van der Waals surface area contributed by atoms with Gasteiger partial charge in [0, 0.05) is 65.6 Å². The molecule has 0 bridgehead atoms. The lowest BCUT2D eigenvalue weighted by molar-refractivity contribution is -0.137. The molecule has 54 heavy (non-hydrogen) atoms. The van der Waals surface area contributed by atoms with E-state index in [9.17, 15) is 24.0 Å². The number of carbonyl (C=O) groups excluding carboxylic acids is 5. The van der Waals surface area contributed by atoms with E-state index in [0.717, 1.165) is 48.4 Å². The lowest BCUT2D eigenvalue weighted by Crippen LogP contribution is -2.52. The Kier molecular flexibility index (Phi) is 9.44. The van der Waals surface area contributed by atoms with Crippen molar-refractivity contribution in [3.8, 4) is 0 Å². The smallest absolute Gasteiger partial charge is 0.256 e. The van der Waals surface area contributed by atoms with Crippen LogP contribution in [0.5, 0.6) is 0 Å². The second-order valence-corrected chi connectivity index (χ2v) is 14.5. The fourth-order valence-electron chi connectivity index (χ4n) is 8.04. The average Bonchev–Trinajstić information content (AvgIpc) is 3.87. The highest BCUT2D eigenvalue weighted by molar-refractivity contribution is 6.06. The van der Waals surface area contributed by atoms with Crippen LogP contribution in [-0.2, 0) is 47.0 Å². The van der Waals surface area contributed by atoms with Crippen LogP contribution in [-0.4, -0.2) is 86.7 Å². The molecular weight excluding hydrogens is 691 g/mol. The number of aromatic nitrogens is 2. The van der Waals surface area contributed by atoms with Gasteiger partial charge in [0.15, 0.2) is 5.82 Å². The third-order valence-corrected chi connectivity index (χ3v) is 11.2. The molecular formula is C40H41FN8O5. The number of imide groups is 1. The Bertz CT molecular complexity index is 2130. The predicted octanol–water partition coefficient (Wildman–Crippen LogP) is 3.75. The van der Waals surface area contributed by atoms with Gasteiger partial charge in [-0.3, -0.25) is 39.3 Å². The molecule has 4 aliphatic rings. The van der Waals surface area contributed by atoms with E-state index in [1.54, 1.807) is 29.2 Å². The molecule has 0 saturated carbocycles. The van der Waals surface area contributed by atoms with Crippen molar-refractivity contribution < 1.29 is 28.4 Å². The number of halogens is 1. The number of anilines is 2. The predicted molar refractivity (Wildman–Crippen MR) is 197 cm³/mol. The first-order valence-electron chi connectivity index (χ1n) is 18.3. The first-order valence-corrected chi connectivity index (χ1v) is 18.3. The monoisotopic (exact) mass is 732 g/mol. The Labute approximate surface area is 311 Å². The quantitative estimate of drug-likeness (QED) is 0.220. The minimum atomic E-state index is -0.786. The van der Waals surface area contributed by atoms with Crippen LogP contribution in [0.3, 0.4) is 0 Å². The molecule has 5 amide bonds. The summed E-state index contributed by atoms with van der Waals surface area (Å²) in [6.45, 7) is 2.77. The van der Waals surface area contributed by atoms with Crippen molar-refractivity contribution in [3.05, 3.63) is 112 Å². The van der Waals surface area contributed by atoms with Gasteiger partial charge in [-0.05, 0) is 62.2 Å². The second kappa shape index (κ2) is 14.5. The highest BCUT2D eigenvalue weighted by Crippen LogP contribution is 2.32. The Morgan fingerprint density at radius 3 is 2.43 bits per heavy atom. The Morgan fingerprint density at radius 2 is 1.69 bits per heavy atom. The number of amides is 5. The summed E-state index contributed by atoms with van der Waals surface area (Å²) in [6.07, 6.45) is 2.42. The van der Waals surface area contributed by atoms with Crippen molar-refractivity contribution in [2.24, 2.45) is 0 Å². The van der Waals surface area contributed by atoms with Gasteiger partial charge < -0.3 is 20.0 Å². The molecule has 0 spiro atoms.